The molecule has 1 fully saturated rings. The van der Waals surface area contributed by atoms with Crippen LogP contribution in [0.1, 0.15) is 53.2 Å². The number of ether oxygens (including phenoxy) is 1. The third-order valence-electron chi connectivity index (χ3n) is 6.82. The molecule has 1 amide bonds. The number of hydrogen-bond donors (Lipinski definition) is 1. The molecular formula is C24H29F2N5O2S. The number of hydrogen-bond acceptors (Lipinski definition) is 6. The van der Waals surface area contributed by atoms with E-state index in [9.17, 15) is 13.6 Å². The maximum Gasteiger partial charge on any atom is 0.273 e. The number of carbonyl (C=O) groups excluding carboxylic acids is 1. The Morgan fingerprint density at radius 3 is 2.94 bits per heavy atom. The van der Waals surface area contributed by atoms with Crippen LogP contribution in [0.3, 0.4) is 0 Å². The second kappa shape index (κ2) is 10.4. The second-order valence-electron chi connectivity index (χ2n) is 9.12. The highest BCUT2D eigenvalue weighted by atomic mass is 32.1. The van der Waals surface area contributed by atoms with Crippen molar-refractivity contribution in [2.45, 2.75) is 57.5 Å². The van der Waals surface area contributed by atoms with Crippen LogP contribution < -0.4 is 10.1 Å². The van der Waals surface area contributed by atoms with Gasteiger partial charge in [0.2, 0.25) is 0 Å². The Bertz CT molecular complexity index is 1130. The Balaban J connectivity index is 1.05. The van der Waals surface area contributed by atoms with Crippen molar-refractivity contribution in [3.05, 3.63) is 46.9 Å². The van der Waals surface area contributed by atoms with Gasteiger partial charge in [-0.3, -0.25) is 14.1 Å². The van der Waals surface area contributed by atoms with Gasteiger partial charge in [0.25, 0.3) is 17.5 Å². The van der Waals surface area contributed by atoms with Crippen molar-refractivity contribution in [3.8, 4) is 5.19 Å². The minimum atomic E-state index is -2.48. The van der Waals surface area contributed by atoms with Crippen molar-refractivity contribution in [2.75, 3.05) is 19.7 Å². The molecule has 182 valence electrons. The molecule has 1 aliphatic carbocycles. The molecule has 7 nitrogen and oxygen atoms in total. The first kappa shape index (κ1) is 23.2. The molecule has 2 aliphatic rings. The predicted molar refractivity (Wildman–Crippen MR) is 126 cm³/mol. The standard InChI is InChI=1S/C24H29F2N5O2S/c25-21(26)15-33-24-29-18-14-30(12-9-20(18)34-24)11-8-16-4-6-17(7-5-16)28-23(32)19-2-1-3-22-27-10-13-31(19)22/h1-3,10,13,16-17,21H,4-9,11-12,14-15H2,(H,28,32)/t16-,17-. The zero-order valence-electron chi connectivity index (χ0n) is 19.0. The van der Waals surface area contributed by atoms with Gasteiger partial charge in [0.15, 0.2) is 6.61 Å². The lowest BCUT2D eigenvalue weighted by molar-refractivity contribution is 0.0815. The van der Waals surface area contributed by atoms with Crippen molar-refractivity contribution < 1.29 is 18.3 Å². The molecule has 0 saturated heterocycles. The molecule has 0 spiro atoms. The van der Waals surface area contributed by atoms with Crippen LogP contribution in [-0.4, -0.2) is 57.3 Å². The van der Waals surface area contributed by atoms with E-state index in [2.05, 4.69) is 20.2 Å². The van der Waals surface area contributed by atoms with Crippen molar-refractivity contribution >= 4 is 22.9 Å². The fourth-order valence-electron chi connectivity index (χ4n) is 4.97. The lowest BCUT2D eigenvalue weighted by atomic mass is 9.84. The third kappa shape index (κ3) is 5.38. The lowest BCUT2D eigenvalue weighted by Gasteiger charge is -2.32. The third-order valence-corrected chi connectivity index (χ3v) is 7.89. The molecule has 5 rings (SSSR count). The molecule has 0 aromatic carbocycles. The Morgan fingerprint density at radius 2 is 2.12 bits per heavy atom. The zero-order chi connectivity index (χ0) is 23.5. The summed E-state index contributed by atoms with van der Waals surface area (Å²) >= 11 is 1.40. The van der Waals surface area contributed by atoms with Crippen molar-refractivity contribution in [1.29, 1.82) is 0 Å². The number of carbonyl (C=O) groups is 1. The van der Waals surface area contributed by atoms with Gasteiger partial charge >= 0.3 is 0 Å². The second-order valence-corrected chi connectivity index (χ2v) is 10.2. The first-order valence-corrected chi connectivity index (χ1v) is 12.7. The van der Waals surface area contributed by atoms with E-state index in [0.717, 1.165) is 74.4 Å². The molecule has 1 aliphatic heterocycles. The summed E-state index contributed by atoms with van der Waals surface area (Å²) in [5, 5.41) is 3.57. The van der Waals surface area contributed by atoms with Crippen molar-refractivity contribution in [1.82, 2.24) is 24.6 Å². The molecule has 0 atom stereocenters. The van der Waals surface area contributed by atoms with E-state index >= 15 is 0 Å². The molecular weight excluding hydrogens is 460 g/mol. The molecule has 34 heavy (non-hydrogen) atoms. The fourth-order valence-corrected chi connectivity index (χ4v) is 5.88. The summed E-state index contributed by atoms with van der Waals surface area (Å²) in [7, 11) is 0. The smallest absolute Gasteiger partial charge is 0.273 e. The Labute approximate surface area is 201 Å². The van der Waals surface area contributed by atoms with Crippen molar-refractivity contribution in [2.24, 2.45) is 5.92 Å². The van der Waals surface area contributed by atoms with Crippen LogP contribution in [0.4, 0.5) is 8.78 Å². The largest absolute Gasteiger partial charge is 0.464 e. The normalized spacial score (nSPS) is 21.0. The summed E-state index contributed by atoms with van der Waals surface area (Å²) in [4.78, 5) is 25.0. The maximum atomic E-state index is 12.8. The predicted octanol–water partition coefficient (Wildman–Crippen LogP) is 4.17. The summed E-state index contributed by atoms with van der Waals surface area (Å²) < 4.78 is 31.7. The maximum absolute atomic E-state index is 12.8. The van der Waals surface area contributed by atoms with Gasteiger partial charge in [0, 0.05) is 36.4 Å². The van der Waals surface area contributed by atoms with Gasteiger partial charge in [-0.25, -0.2) is 18.7 Å². The number of nitrogens with one attached hydrogen (secondary N) is 1. The molecule has 0 bridgehead atoms. The number of halogens is 2. The van der Waals surface area contributed by atoms with Crippen LogP contribution in [0.15, 0.2) is 30.6 Å². The van der Waals surface area contributed by atoms with Crippen LogP contribution in [0.25, 0.3) is 5.65 Å². The van der Waals surface area contributed by atoms with E-state index < -0.39 is 13.0 Å². The summed E-state index contributed by atoms with van der Waals surface area (Å²) in [6.45, 7) is 2.14. The molecule has 3 aromatic rings. The number of aromatic nitrogens is 3. The highest BCUT2D eigenvalue weighted by Crippen LogP contribution is 2.31. The number of amides is 1. The first-order valence-electron chi connectivity index (χ1n) is 11.9. The van der Waals surface area contributed by atoms with E-state index in [1.807, 2.05) is 28.8 Å². The summed E-state index contributed by atoms with van der Waals surface area (Å²) in [6, 6.07) is 5.79. The fraction of sp³-hybridized carbons (Fsp3) is 0.542. The molecule has 1 saturated carbocycles. The Hall–Kier alpha value is -2.59. The van der Waals surface area contributed by atoms with Gasteiger partial charge in [0.05, 0.1) is 5.69 Å². The van der Waals surface area contributed by atoms with E-state index in [0.29, 0.717) is 16.8 Å². The van der Waals surface area contributed by atoms with E-state index in [-0.39, 0.29) is 11.9 Å². The zero-order valence-corrected chi connectivity index (χ0v) is 19.8. The van der Waals surface area contributed by atoms with Gasteiger partial charge in [0.1, 0.15) is 11.3 Å². The molecule has 10 heteroatoms. The Kier molecular flexibility index (Phi) is 7.05. The average Bonchev–Trinajstić information content (AvgIpc) is 3.48. The van der Waals surface area contributed by atoms with Gasteiger partial charge < -0.3 is 10.1 Å². The molecule has 1 N–H and O–H groups in total. The van der Waals surface area contributed by atoms with E-state index in [1.54, 1.807) is 6.20 Å². The first-order chi connectivity index (χ1) is 16.5. The summed E-state index contributed by atoms with van der Waals surface area (Å²) in [5.41, 5.74) is 2.36. The molecule has 0 radical (unpaired) electrons. The molecule has 3 aromatic heterocycles. The number of nitrogens with zero attached hydrogens (tertiary/aromatic N) is 4. The van der Waals surface area contributed by atoms with Crippen LogP contribution in [0, 0.1) is 5.92 Å². The van der Waals surface area contributed by atoms with Gasteiger partial charge in [-0.1, -0.05) is 17.4 Å². The van der Waals surface area contributed by atoms with Gasteiger partial charge in [-0.05, 0) is 63.1 Å². The number of pyridine rings is 1. The van der Waals surface area contributed by atoms with Crippen LogP contribution >= 0.6 is 11.3 Å². The van der Waals surface area contributed by atoms with E-state index in [4.69, 9.17) is 4.74 Å². The topological polar surface area (TPSA) is 71.8 Å². The highest BCUT2D eigenvalue weighted by Gasteiger charge is 2.26. The van der Waals surface area contributed by atoms with Gasteiger partial charge in [-0.2, -0.15) is 0 Å². The summed E-state index contributed by atoms with van der Waals surface area (Å²) in [6.07, 6.45) is 7.28. The minimum absolute atomic E-state index is 0.0451. The Morgan fingerprint density at radius 1 is 1.26 bits per heavy atom. The SMILES string of the molecule is O=C(N[C@H]1CC[C@H](CCN2CCc3sc(OCC(F)F)nc3C2)CC1)c1cccc2nccn12. The van der Waals surface area contributed by atoms with E-state index in [1.165, 1.54) is 11.3 Å². The molecule has 0 unspecified atom stereocenters. The number of rotatable bonds is 8. The van der Waals surface area contributed by atoms with Crippen molar-refractivity contribution in [3.63, 3.8) is 0 Å². The van der Waals surface area contributed by atoms with Crippen LogP contribution in [0.2, 0.25) is 0 Å². The van der Waals surface area contributed by atoms with Gasteiger partial charge in [-0.15, -0.1) is 0 Å². The number of imidazole rings is 1. The quantitative estimate of drug-likeness (QED) is 0.514. The minimum Gasteiger partial charge on any atom is -0.464 e. The lowest BCUT2D eigenvalue weighted by Crippen LogP contribution is -2.39. The average molecular weight is 490 g/mol. The monoisotopic (exact) mass is 489 g/mol. The van der Waals surface area contributed by atoms with Crippen LogP contribution in [-0.2, 0) is 13.0 Å². The number of thiazole rings is 1. The number of alkyl halides is 2. The molecule has 4 heterocycles. The summed E-state index contributed by atoms with van der Waals surface area (Å²) in [5.74, 6) is 0.614. The number of fused-ring (bicyclic) bond motifs is 2. The highest BCUT2D eigenvalue weighted by molar-refractivity contribution is 7.13. The van der Waals surface area contributed by atoms with Crippen LogP contribution in [0.5, 0.6) is 5.19 Å².